The molecule has 20 heavy (non-hydrogen) atoms. The van der Waals surface area contributed by atoms with Gasteiger partial charge in [0, 0.05) is 12.8 Å². The average Bonchev–Trinajstić information content (AvgIpc) is 3.23. The van der Waals surface area contributed by atoms with E-state index >= 15 is 0 Å². The van der Waals surface area contributed by atoms with E-state index in [1.54, 1.807) is 0 Å². The minimum Gasteiger partial charge on any atom is -0.498 e. The fourth-order valence-electron chi connectivity index (χ4n) is 2.08. The molecule has 0 radical (unpaired) electrons. The van der Waals surface area contributed by atoms with Crippen LogP contribution in [0.1, 0.15) is 73.1 Å². The second kappa shape index (κ2) is 8.89. The lowest BCUT2D eigenvalue weighted by atomic mass is 10.1. The van der Waals surface area contributed by atoms with Gasteiger partial charge in [0.05, 0.1) is 18.1 Å². The Morgan fingerprint density at radius 1 is 1.10 bits per heavy atom. The molecule has 0 spiro atoms. The highest BCUT2D eigenvalue weighted by atomic mass is 16.5. The monoisotopic (exact) mass is 278 g/mol. The lowest BCUT2D eigenvalue weighted by Crippen LogP contribution is -1.98. The smallest absolute Gasteiger partial charge is 0.103 e. The lowest BCUT2D eigenvalue weighted by Gasteiger charge is -2.14. The van der Waals surface area contributed by atoms with E-state index in [4.69, 9.17) is 9.47 Å². The Balaban J connectivity index is 2.56. The van der Waals surface area contributed by atoms with Crippen molar-refractivity contribution in [2.45, 2.75) is 73.1 Å². The average molecular weight is 278 g/mol. The summed E-state index contributed by atoms with van der Waals surface area (Å²) < 4.78 is 11.8. The summed E-state index contributed by atoms with van der Waals surface area (Å²) >= 11 is 0. The summed E-state index contributed by atoms with van der Waals surface area (Å²) in [5.74, 6) is 3.30. The summed E-state index contributed by atoms with van der Waals surface area (Å²) in [4.78, 5) is 0. The van der Waals surface area contributed by atoms with Gasteiger partial charge in [0.25, 0.3) is 0 Å². The molecular formula is C18H30O2. The van der Waals surface area contributed by atoms with Crippen LogP contribution in [0.2, 0.25) is 0 Å². The van der Waals surface area contributed by atoms with Crippen molar-refractivity contribution in [2.75, 3.05) is 6.61 Å². The molecule has 0 atom stereocenters. The second-order valence-electron chi connectivity index (χ2n) is 5.59. The molecule has 0 N–H and O–H groups in total. The van der Waals surface area contributed by atoms with Crippen molar-refractivity contribution >= 4 is 0 Å². The quantitative estimate of drug-likeness (QED) is 0.491. The molecule has 0 saturated heterocycles. The van der Waals surface area contributed by atoms with Crippen molar-refractivity contribution in [3.8, 4) is 0 Å². The van der Waals surface area contributed by atoms with Crippen LogP contribution in [0, 0.1) is 0 Å². The predicted octanol–water partition coefficient (Wildman–Crippen LogP) is 5.87. The maximum Gasteiger partial charge on any atom is 0.103 e. The molecule has 0 amide bonds. The van der Waals surface area contributed by atoms with Crippen molar-refractivity contribution in [1.29, 1.82) is 0 Å². The van der Waals surface area contributed by atoms with Gasteiger partial charge in [-0.15, -0.1) is 0 Å². The molecule has 0 aromatic rings. The van der Waals surface area contributed by atoms with Crippen LogP contribution in [0.4, 0.5) is 0 Å². The number of unbranched alkanes of at least 4 members (excludes halogenated alkanes) is 1. The van der Waals surface area contributed by atoms with Gasteiger partial charge in [0.2, 0.25) is 0 Å². The molecule has 0 aliphatic heterocycles. The first-order valence-corrected chi connectivity index (χ1v) is 7.93. The van der Waals surface area contributed by atoms with Gasteiger partial charge in [-0.05, 0) is 64.2 Å². The Labute approximate surface area is 124 Å². The molecule has 1 rings (SSSR count). The lowest BCUT2D eigenvalue weighted by molar-refractivity contribution is 0.209. The van der Waals surface area contributed by atoms with Crippen molar-refractivity contribution in [1.82, 2.24) is 0 Å². The van der Waals surface area contributed by atoms with E-state index in [0.717, 1.165) is 43.8 Å². The van der Waals surface area contributed by atoms with Gasteiger partial charge >= 0.3 is 0 Å². The van der Waals surface area contributed by atoms with Crippen molar-refractivity contribution in [3.05, 3.63) is 34.5 Å². The molecular weight excluding hydrogens is 248 g/mol. The minimum absolute atomic E-state index is 0.763. The van der Waals surface area contributed by atoms with Crippen LogP contribution in [0.3, 0.4) is 0 Å². The Hall–Kier alpha value is -1.18. The van der Waals surface area contributed by atoms with E-state index in [1.165, 1.54) is 29.7 Å². The minimum atomic E-state index is 0.763. The molecule has 1 aliphatic carbocycles. The SMILES string of the molecule is CCC/C=C(/C)OC(CCC(OCC)=C1CC1)=C(C)C. The first-order valence-electron chi connectivity index (χ1n) is 7.93. The Morgan fingerprint density at radius 2 is 1.80 bits per heavy atom. The van der Waals surface area contributed by atoms with Crippen molar-refractivity contribution < 1.29 is 9.47 Å². The Morgan fingerprint density at radius 3 is 2.30 bits per heavy atom. The molecule has 0 unspecified atom stereocenters. The standard InChI is InChI=1S/C18H30O2/c1-6-8-9-15(5)20-17(14(3)4)12-13-18(19-7-2)16-10-11-16/h9H,6-8,10-13H2,1-5H3/b15-9-. The fraction of sp³-hybridized carbons (Fsp3) is 0.667. The summed E-state index contributed by atoms with van der Waals surface area (Å²) in [5.41, 5.74) is 2.75. The van der Waals surface area contributed by atoms with Gasteiger partial charge in [-0.2, -0.15) is 0 Å². The second-order valence-corrected chi connectivity index (χ2v) is 5.59. The first-order chi connectivity index (χ1) is 9.58. The fourth-order valence-corrected chi connectivity index (χ4v) is 2.08. The summed E-state index contributed by atoms with van der Waals surface area (Å²) in [6.45, 7) is 11.3. The number of ether oxygens (including phenoxy) is 2. The molecule has 0 aromatic heterocycles. The first kappa shape index (κ1) is 16.9. The normalized spacial score (nSPS) is 14.1. The van der Waals surface area contributed by atoms with E-state index in [9.17, 15) is 0 Å². The van der Waals surface area contributed by atoms with E-state index in [0.29, 0.717) is 0 Å². The zero-order valence-electron chi connectivity index (χ0n) is 13.8. The highest BCUT2D eigenvalue weighted by molar-refractivity contribution is 5.22. The van der Waals surface area contributed by atoms with Crippen LogP contribution >= 0.6 is 0 Å². The van der Waals surface area contributed by atoms with Crippen LogP contribution in [0.25, 0.3) is 0 Å². The highest BCUT2D eigenvalue weighted by Gasteiger charge is 2.19. The van der Waals surface area contributed by atoms with Gasteiger partial charge in [0.15, 0.2) is 0 Å². The Kier molecular flexibility index (Phi) is 7.50. The maximum absolute atomic E-state index is 6.01. The van der Waals surface area contributed by atoms with Crippen LogP contribution in [0.15, 0.2) is 34.5 Å². The molecule has 1 saturated carbocycles. The maximum atomic E-state index is 6.01. The summed E-state index contributed by atoms with van der Waals surface area (Å²) in [6, 6.07) is 0. The van der Waals surface area contributed by atoms with E-state index in [-0.39, 0.29) is 0 Å². The third-order valence-corrected chi connectivity index (χ3v) is 3.35. The zero-order valence-corrected chi connectivity index (χ0v) is 13.8. The summed E-state index contributed by atoms with van der Waals surface area (Å²) in [5, 5.41) is 0. The predicted molar refractivity (Wildman–Crippen MR) is 85.2 cm³/mol. The zero-order chi connectivity index (χ0) is 15.0. The summed E-state index contributed by atoms with van der Waals surface area (Å²) in [7, 11) is 0. The molecule has 2 heteroatoms. The van der Waals surface area contributed by atoms with Crippen molar-refractivity contribution in [3.63, 3.8) is 0 Å². The number of hydrogen-bond donors (Lipinski definition) is 0. The van der Waals surface area contributed by atoms with Gasteiger partial charge in [-0.3, -0.25) is 0 Å². The molecule has 2 nitrogen and oxygen atoms in total. The van der Waals surface area contributed by atoms with E-state index in [2.05, 4.69) is 33.8 Å². The molecule has 1 aliphatic rings. The van der Waals surface area contributed by atoms with Crippen LogP contribution in [-0.4, -0.2) is 6.61 Å². The van der Waals surface area contributed by atoms with Gasteiger partial charge in [-0.1, -0.05) is 13.3 Å². The topological polar surface area (TPSA) is 18.5 Å². The number of hydrogen-bond acceptors (Lipinski definition) is 2. The molecule has 114 valence electrons. The molecule has 0 aromatic carbocycles. The van der Waals surface area contributed by atoms with Gasteiger partial charge in [-0.25, -0.2) is 0 Å². The number of allylic oxidation sites excluding steroid dienone is 6. The van der Waals surface area contributed by atoms with Crippen LogP contribution < -0.4 is 0 Å². The number of rotatable bonds is 9. The van der Waals surface area contributed by atoms with Crippen molar-refractivity contribution in [2.24, 2.45) is 0 Å². The van der Waals surface area contributed by atoms with Crippen LogP contribution in [-0.2, 0) is 9.47 Å². The van der Waals surface area contributed by atoms with E-state index < -0.39 is 0 Å². The van der Waals surface area contributed by atoms with E-state index in [1.807, 2.05) is 6.92 Å². The van der Waals surface area contributed by atoms with Gasteiger partial charge in [0.1, 0.15) is 5.76 Å². The highest BCUT2D eigenvalue weighted by Crippen LogP contribution is 2.35. The Bertz CT molecular complexity index is 390. The summed E-state index contributed by atoms with van der Waals surface area (Å²) in [6.07, 6.45) is 8.74. The third kappa shape index (κ3) is 6.31. The largest absolute Gasteiger partial charge is 0.498 e. The molecule has 0 bridgehead atoms. The third-order valence-electron chi connectivity index (χ3n) is 3.35. The molecule has 0 heterocycles. The van der Waals surface area contributed by atoms with Crippen LogP contribution in [0.5, 0.6) is 0 Å². The van der Waals surface area contributed by atoms with Gasteiger partial charge < -0.3 is 9.47 Å². The molecule has 1 fully saturated rings.